The first-order valence-electron chi connectivity index (χ1n) is 9.17. The van der Waals surface area contributed by atoms with Crippen LogP contribution in [0.1, 0.15) is 33.8 Å². The second-order valence-electron chi connectivity index (χ2n) is 6.85. The average Bonchev–Trinajstić information content (AvgIpc) is 3.31. The largest absolute Gasteiger partial charge is 0.335 e. The SMILES string of the molecule is Cc1nc(-c2ccccn2)sc1C(=O)N1CCC[C@H]1Cc1c(F)cccc1Cl. The molecule has 28 heavy (non-hydrogen) atoms. The number of hydrogen-bond acceptors (Lipinski definition) is 4. The average molecular weight is 416 g/mol. The fraction of sp³-hybridized carbons (Fsp3) is 0.286. The Morgan fingerprint density at radius 1 is 1.32 bits per heavy atom. The predicted molar refractivity (Wildman–Crippen MR) is 109 cm³/mol. The maximum atomic E-state index is 14.2. The number of aryl methyl sites for hydroxylation is 1. The van der Waals surface area contributed by atoms with Crippen molar-refractivity contribution in [3.63, 3.8) is 0 Å². The molecule has 0 aliphatic carbocycles. The molecule has 1 aromatic carbocycles. The highest BCUT2D eigenvalue weighted by atomic mass is 35.5. The quantitative estimate of drug-likeness (QED) is 0.591. The molecule has 0 N–H and O–H groups in total. The molecule has 7 heteroatoms. The third-order valence-corrected chi connectivity index (χ3v) is 6.54. The van der Waals surface area contributed by atoms with Crippen LogP contribution in [0.25, 0.3) is 10.7 Å². The number of halogens is 2. The molecule has 1 aliphatic heterocycles. The topological polar surface area (TPSA) is 46.1 Å². The van der Waals surface area contributed by atoms with Gasteiger partial charge in [-0.15, -0.1) is 11.3 Å². The van der Waals surface area contributed by atoms with E-state index in [0.717, 1.165) is 23.5 Å². The highest BCUT2D eigenvalue weighted by Crippen LogP contribution is 2.32. The standard InChI is InChI=1S/C21H19ClFN3OS/c1-13-19(28-20(25-13)18-9-2-3-10-24-18)21(27)26-11-5-6-14(26)12-15-16(22)7-4-8-17(15)23/h2-4,7-10,14H,5-6,11-12H2,1H3/t14-/m0/s1. The molecule has 0 spiro atoms. The van der Waals surface area contributed by atoms with Crippen LogP contribution in [0.15, 0.2) is 42.6 Å². The van der Waals surface area contributed by atoms with Crippen LogP contribution in [0.4, 0.5) is 4.39 Å². The first-order chi connectivity index (χ1) is 13.5. The zero-order valence-corrected chi connectivity index (χ0v) is 16.9. The molecule has 0 saturated carbocycles. The Hall–Kier alpha value is -2.31. The van der Waals surface area contributed by atoms with E-state index in [1.807, 2.05) is 30.0 Å². The first-order valence-corrected chi connectivity index (χ1v) is 10.4. The Kier molecular flexibility index (Phi) is 5.42. The molecular formula is C21H19ClFN3OS. The first kappa shape index (κ1) is 19.0. The van der Waals surface area contributed by atoms with Gasteiger partial charge in [0.05, 0.1) is 11.4 Å². The maximum absolute atomic E-state index is 14.2. The monoisotopic (exact) mass is 415 g/mol. The number of nitrogens with zero attached hydrogens (tertiary/aromatic N) is 3. The van der Waals surface area contributed by atoms with Crippen molar-refractivity contribution < 1.29 is 9.18 Å². The molecule has 1 fully saturated rings. The van der Waals surface area contributed by atoms with E-state index in [-0.39, 0.29) is 17.8 Å². The number of pyridine rings is 1. The summed E-state index contributed by atoms with van der Waals surface area (Å²) < 4.78 is 14.2. The van der Waals surface area contributed by atoms with Crippen LogP contribution in [0, 0.1) is 12.7 Å². The molecule has 4 nitrogen and oxygen atoms in total. The van der Waals surface area contributed by atoms with Crippen molar-refractivity contribution >= 4 is 28.8 Å². The van der Waals surface area contributed by atoms with E-state index >= 15 is 0 Å². The van der Waals surface area contributed by atoms with Crippen molar-refractivity contribution in [2.75, 3.05) is 6.54 Å². The zero-order valence-electron chi connectivity index (χ0n) is 15.4. The number of amides is 1. The summed E-state index contributed by atoms with van der Waals surface area (Å²) in [5.41, 5.74) is 1.93. The smallest absolute Gasteiger partial charge is 0.266 e. The Morgan fingerprint density at radius 3 is 2.93 bits per heavy atom. The van der Waals surface area contributed by atoms with Gasteiger partial charge in [0.2, 0.25) is 0 Å². The van der Waals surface area contributed by atoms with Crippen molar-refractivity contribution in [2.45, 2.75) is 32.2 Å². The van der Waals surface area contributed by atoms with Gasteiger partial charge >= 0.3 is 0 Å². The van der Waals surface area contributed by atoms with Crippen LogP contribution < -0.4 is 0 Å². The Balaban J connectivity index is 1.58. The van der Waals surface area contributed by atoms with Crippen LogP contribution in [0.5, 0.6) is 0 Å². The summed E-state index contributed by atoms with van der Waals surface area (Å²) in [5.74, 6) is -0.370. The van der Waals surface area contributed by atoms with Crippen molar-refractivity contribution in [1.82, 2.24) is 14.9 Å². The lowest BCUT2D eigenvalue weighted by Crippen LogP contribution is -2.37. The van der Waals surface area contributed by atoms with Crippen molar-refractivity contribution in [2.24, 2.45) is 0 Å². The Morgan fingerprint density at radius 2 is 2.18 bits per heavy atom. The van der Waals surface area contributed by atoms with Gasteiger partial charge in [0.25, 0.3) is 5.91 Å². The van der Waals surface area contributed by atoms with Gasteiger partial charge < -0.3 is 4.90 Å². The molecule has 0 radical (unpaired) electrons. The van der Waals surface area contributed by atoms with Crippen LogP contribution >= 0.6 is 22.9 Å². The summed E-state index contributed by atoms with van der Waals surface area (Å²) in [6.07, 6.45) is 3.86. The van der Waals surface area contributed by atoms with Crippen LogP contribution in [0.3, 0.4) is 0 Å². The van der Waals surface area contributed by atoms with Gasteiger partial charge in [0.15, 0.2) is 0 Å². The third-order valence-electron chi connectivity index (χ3n) is 5.01. The van der Waals surface area contributed by atoms with Gasteiger partial charge in [-0.25, -0.2) is 9.37 Å². The third kappa shape index (κ3) is 3.66. The van der Waals surface area contributed by atoms with E-state index in [1.54, 1.807) is 18.3 Å². The lowest BCUT2D eigenvalue weighted by atomic mass is 10.0. The van der Waals surface area contributed by atoms with Gasteiger partial charge in [-0.2, -0.15) is 0 Å². The van der Waals surface area contributed by atoms with Gasteiger partial charge in [0, 0.05) is 29.4 Å². The molecule has 4 rings (SSSR count). The van der Waals surface area contributed by atoms with Crippen molar-refractivity contribution in [1.29, 1.82) is 0 Å². The lowest BCUT2D eigenvalue weighted by Gasteiger charge is -2.25. The second kappa shape index (κ2) is 7.97. The molecule has 0 unspecified atom stereocenters. The number of carbonyl (C=O) groups is 1. The predicted octanol–water partition coefficient (Wildman–Crippen LogP) is 5.15. The van der Waals surface area contributed by atoms with E-state index in [1.165, 1.54) is 17.4 Å². The van der Waals surface area contributed by atoms with Crippen molar-refractivity contribution in [3.05, 3.63) is 69.6 Å². The van der Waals surface area contributed by atoms with E-state index in [4.69, 9.17) is 11.6 Å². The number of hydrogen-bond donors (Lipinski definition) is 0. The molecule has 1 aliphatic rings. The summed E-state index contributed by atoms with van der Waals surface area (Å²) in [6.45, 7) is 2.50. The summed E-state index contributed by atoms with van der Waals surface area (Å²) in [7, 11) is 0. The number of benzene rings is 1. The highest BCUT2D eigenvalue weighted by Gasteiger charge is 2.32. The number of likely N-dealkylation sites (tertiary alicyclic amines) is 1. The highest BCUT2D eigenvalue weighted by molar-refractivity contribution is 7.17. The number of thiazole rings is 1. The summed E-state index contributed by atoms with van der Waals surface area (Å²) in [4.78, 5) is 24.5. The fourth-order valence-corrected chi connectivity index (χ4v) is 4.84. The molecule has 3 aromatic rings. The minimum absolute atomic E-state index is 0.0489. The van der Waals surface area contributed by atoms with Gasteiger partial charge in [-0.3, -0.25) is 9.78 Å². The molecule has 1 atom stereocenters. The molecule has 2 aromatic heterocycles. The number of aromatic nitrogens is 2. The minimum Gasteiger partial charge on any atom is -0.335 e. The van der Waals surface area contributed by atoms with Gasteiger partial charge in [0.1, 0.15) is 15.7 Å². The maximum Gasteiger partial charge on any atom is 0.266 e. The number of rotatable bonds is 4. The zero-order chi connectivity index (χ0) is 19.7. The van der Waals surface area contributed by atoms with Crippen molar-refractivity contribution in [3.8, 4) is 10.7 Å². The lowest BCUT2D eigenvalue weighted by molar-refractivity contribution is 0.0740. The Bertz CT molecular complexity index is 988. The normalized spacial score (nSPS) is 16.5. The summed E-state index contributed by atoms with van der Waals surface area (Å²) in [5, 5.41) is 1.14. The fourth-order valence-electron chi connectivity index (χ4n) is 3.60. The van der Waals surface area contributed by atoms with E-state index in [9.17, 15) is 9.18 Å². The molecule has 144 valence electrons. The number of carbonyl (C=O) groups excluding carboxylic acids is 1. The molecule has 1 saturated heterocycles. The van der Waals surface area contributed by atoms with E-state index < -0.39 is 0 Å². The van der Waals surface area contributed by atoms with Crippen LogP contribution in [0.2, 0.25) is 5.02 Å². The Labute approximate surface area is 172 Å². The summed E-state index contributed by atoms with van der Waals surface area (Å²) >= 11 is 7.55. The van der Waals surface area contributed by atoms with Gasteiger partial charge in [-0.05, 0) is 50.5 Å². The molecule has 1 amide bonds. The second-order valence-corrected chi connectivity index (χ2v) is 8.25. The molecular weight excluding hydrogens is 397 g/mol. The summed E-state index contributed by atoms with van der Waals surface area (Å²) in [6, 6.07) is 10.3. The van der Waals surface area contributed by atoms with E-state index in [0.29, 0.717) is 34.1 Å². The van der Waals surface area contributed by atoms with E-state index in [2.05, 4.69) is 9.97 Å². The molecule has 0 bridgehead atoms. The van der Waals surface area contributed by atoms with Gasteiger partial charge in [-0.1, -0.05) is 23.7 Å². The van der Waals surface area contributed by atoms with Crippen LogP contribution in [-0.2, 0) is 6.42 Å². The molecule has 3 heterocycles. The minimum atomic E-state index is -0.321. The van der Waals surface area contributed by atoms with Crippen LogP contribution in [-0.4, -0.2) is 33.4 Å².